The van der Waals surface area contributed by atoms with Gasteiger partial charge in [-0.1, -0.05) is 11.6 Å². The predicted octanol–water partition coefficient (Wildman–Crippen LogP) is 0.608. The number of hydrogen-bond donors (Lipinski definition) is 0. The number of aromatic nitrogens is 2. The van der Waals surface area contributed by atoms with Gasteiger partial charge in [0.2, 0.25) is 0 Å². The highest BCUT2D eigenvalue weighted by atomic mass is 35.5. The molecule has 0 N–H and O–H groups in total. The molecule has 0 saturated carbocycles. The van der Waals surface area contributed by atoms with E-state index in [9.17, 15) is 8.42 Å². The van der Waals surface area contributed by atoms with Gasteiger partial charge in [-0.25, -0.2) is 8.42 Å². The van der Waals surface area contributed by atoms with Crippen molar-refractivity contribution in [2.24, 2.45) is 7.05 Å². The molecule has 1 heterocycles. The van der Waals surface area contributed by atoms with Crippen molar-refractivity contribution in [3.8, 4) is 6.07 Å². The number of aryl methyl sites for hydroxylation is 1. The van der Waals surface area contributed by atoms with Gasteiger partial charge in [-0.3, -0.25) is 4.68 Å². The molecule has 16 heavy (non-hydrogen) atoms. The summed E-state index contributed by atoms with van der Waals surface area (Å²) in [5, 5.41) is 12.2. The molecule has 88 valence electrons. The van der Waals surface area contributed by atoms with Crippen molar-refractivity contribution >= 4 is 21.6 Å². The van der Waals surface area contributed by atoms with Gasteiger partial charge in [0.25, 0.3) is 10.0 Å². The molecule has 1 rings (SSSR count). The standard InChI is InChI=1S/C8H11ClN4O2S/c1-12(5-3-4-10)16(14,15)8-7(9)6-11-13(8)2/h6H,3,5H2,1-2H3. The third-order valence-electron chi connectivity index (χ3n) is 2.04. The van der Waals surface area contributed by atoms with E-state index in [2.05, 4.69) is 5.10 Å². The van der Waals surface area contributed by atoms with E-state index in [-0.39, 0.29) is 23.0 Å². The third-order valence-corrected chi connectivity index (χ3v) is 4.40. The Bertz CT molecular complexity index is 497. The first-order valence-corrected chi connectivity index (χ1v) is 6.24. The van der Waals surface area contributed by atoms with Gasteiger partial charge >= 0.3 is 0 Å². The molecule has 0 amide bonds. The molecule has 0 aliphatic heterocycles. The quantitative estimate of drug-likeness (QED) is 0.796. The molecular weight excluding hydrogens is 252 g/mol. The smallest absolute Gasteiger partial charge is 0.255 e. The highest BCUT2D eigenvalue weighted by molar-refractivity contribution is 7.89. The van der Waals surface area contributed by atoms with Gasteiger partial charge in [0, 0.05) is 27.1 Å². The average Bonchev–Trinajstić information content (AvgIpc) is 2.55. The largest absolute Gasteiger partial charge is 0.261 e. The molecule has 0 aromatic carbocycles. The maximum Gasteiger partial charge on any atom is 0.261 e. The van der Waals surface area contributed by atoms with Crippen LogP contribution in [-0.4, -0.2) is 36.1 Å². The fourth-order valence-electron chi connectivity index (χ4n) is 1.16. The molecule has 1 aromatic rings. The zero-order valence-electron chi connectivity index (χ0n) is 8.88. The summed E-state index contributed by atoms with van der Waals surface area (Å²) in [6.45, 7) is 0.125. The predicted molar refractivity (Wildman–Crippen MR) is 58.3 cm³/mol. The Hall–Kier alpha value is -1.10. The van der Waals surface area contributed by atoms with Crippen LogP contribution in [0.5, 0.6) is 0 Å². The maximum absolute atomic E-state index is 12.0. The fraction of sp³-hybridized carbons (Fsp3) is 0.500. The van der Waals surface area contributed by atoms with Crippen LogP contribution in [0.25, 0.3) is 0 Å². The van der Waals surface area contributed by atoms with Crippen LogP contribution in [0.1, 0.15) is 6.42 Å². The van der Waals surface area contributed by atoms with Gasteiger partial charge < -0.3 is 0 Å². The van der Waals surface area contributed by atoms with Gasteiger partial charge in [0.1, 0.15) is 0 Å². The first-order chi connectivity index (χ1) is 7.41. The van der Waals surface area contributed by atoms with Crippen LogP contribution >= 0.6 is 11.6 Å². The van der Waals surface area contributed by atoms with Crippen molar-refractivity contribution < 1.29 is 8.42 Å². The number of nitrogens with zero attached hydrogens (tertiary/aromatic N) is 4. The number of rotatable bonds is 4. The second kappa shape index (κ2) is 4.82. The van der Waals surface area contributed by atoms with E-state index in [0.29, 0.717) is 0 Å². The van der Waals surface area contributed by atoms with Crippen LogP contribution in [0, 0.1) is 11.3 Å². The molecule has 0 unspecified atom stereocenters. The summed E-state index contributed by atoms with van der Waals surface area (Å²) < 4.78 is 26.3. The molecular formula is C8H11ClN4O2S. The van der Waals surface area contributed by atoms with E-state index in [1.165, 1.54) is 25.0 Å². The lowest BCUT2D eigenvalue weighted by molar-refractivity contribution is 0.466. The maximum atomic E-state index is 12.0. The van der Waals surface area contributed by atoms with Crippen molar-refractivity contribution in [2.75, 3.05) is 13.6 Å². The van der Waals surface area contributed by atoms with Crippen molar-refractivity contribution in [3.63, 3.8) is 0 Å². The lowest BCUT2D eigenvalue weighted by atomic mass is 10.5. The minimum Gasteiger partial charge on any atom is -0.255 e. The van der Waals surface area contributed by atoms with Crippen LogP contribution < -0.4 is 0 Å². The van der Waals surface area contributed by atoms with E-state index in [1.54, 1.807) is 0 Å². The van der Waals surface area contributed by atoms with E-state index >= 15 is 0 Å². The summed E-state index contributed by atoms with van der Waals surface area (Å²) in [7, 11) is -0.783. The van der Waals surface area contributed by atoms with E-state index < -0.39 is 10.0 Å². The van der Waals surface area contributed by atoms with Gasteiger partial charge in [-0.2, -0.15) is 14.7 Å². The van der Waals surface area contributed by atoms with Gasteiger partial charge in [0.05, 0.1) is 17.3 Å². The van der Waals surface area contributed by atoms with Crippen LogP contribution in [0.3, 0.4) is 0 Å². The minimum absolute atomic E-state index is 0.0605. The molecule has 0 saturated heterocycles. The Morgan fingerprint density at radius 2 is 2.31 bits per heavy atom. The van der Waals surface area contributed by atoms with E-state index in [1.807, 2.05) is 6.07 Å². The lowest BCUT2D eigenvalue weighted by Gasteiger charge is -2.15. The zero-order valence-corrected chi connectivity index (χ0v) is 10.5. The summed E-state index contributed by atoms with van der Waals surface area (Å²) in [6.07, 6.45) is 1.40. The molecule has 0 radical (unpaired) electrons. The molecule has 0 fully saturated rings. The number of nitriles is 1. The number of hydrogen-bond acceptors (Lipinski definition) is 4. The molecule has 0 atom stereocenters. The Morgan fingerprint density at radius 3 is 2.75 bits per heavy atom. The molecule has 0 spiro atoms. The first kappa shape index (κ1) is 13.0. The average molecular weight is 263 g/mol. The summed E-state index contributed by atoms with van der Waals surface area (Å²) in [5.41, 5.74) is 0. The van der Waals surface area contributed by atoms with E-state index in [0.717, 1.165) is 4.31 Å². The van der Waals surface area contributed by atoms with Crippen LogP contribution in [0.2, 0.25) is 5.02 Å². The zero-order chi connectivity index (χ0) is 12.3. The Kier molecular flexibility index (Phi) is 3.91. The summed E-state index contributed by atoms with van der Waals surface area (Å²) in [6, 6.07) is 1.88. The molecule has 8 heteroatoms. The molecule has 6 nitrogen and oxygen atoms in total. The topological polar surface area (TPSA) is 79.0 Å². The second-order valence-corrected chi connectivity index (χ2v) is 5.52. The molecule has 0 aliphatic carbocycles. The van der Waals surface area contributed by atoms with Crippen molar-refractivity contribution in [2.45, 2.75) is 11.4 Å². The highest BCUT2D eigenvalue weighted by Crippen LogP contribution is 2.22. The van der Waals surface area contributed by atoms with Gasteiger partial charge in [-0.15, -0.1) is 0 Å². The Balaban J connectivity index is 3.08. The summed E-state index contributed by atoms with van der Waals surface area (Å²) in [5.74, 6) is 0. The Morgan fingerprint density at radius 1 is 1.69 bits per heavy atom. The van der Waals surface area contributed by atoms with Crippen molar-refractivity contribution in [1.29, 1.82) is 5.26 Å². The first-order valence-electron chi connectivity index (χ1n) is 4.42. The lowest BCUT2D eigenvalue weighted by Crippen LogP contribution is -2.29. The van der Waals surface area contributed by atoms with Crippen LogP contribution in [-0.2, 0) is 17.1 Å². The SMILES string of the molecule is CN(CCC#N)S(=O)(=O)c1c(Cl)cnn1C. The van der Waals surface area contributed by atoms with Gasteiger partial charge in [0.15, 0.2) is 5.03 Å². The molecule has 0 bridgehead atoms. The number of sulfonamides is 1. The normalized spacial score (nSPS) is 11.7. The summed E-state index contributed by atoms with van der Waals surface area (Å²) >= 11 is 5.75. The monoisotopic (exact) mass is 262 g/mol. The van der Waals surface area contributed by atoms with E-state index in [4.69, 9.17) is 16.9 Å². The minimum atomic E-state index is -3.68. The van der Waals surface area contributed by atoms with Crippen molar-refractivity contribution in [1.82, 2.24) is 14.1 Å². The highest BCUT2D eigenvalue weighted by Gasteiger charge is 2.27. The van der Waals surface area contributed by atoms with Crippen LogP contribution in [0.4, 0.5) is 0 Å². The number of halogens is 1. The molecule has 1 aromatic heterocycles. The second-order valence-electron chi connectivity index (χ2n) is 3.16. The molecule has 0 aliphatic rings. The van der Waals surface area contributed by atoms with Gasteiger partial charge in [-0.05, 0) is 0 Å². The van der Waals surface area contributed by atoms with Crippen LogP contribution in [0.15, 0.2) is 11.2 Å². The summed E-state index contributed by atoms with van der Waals surface area (Å²) in [4.78, 5) is 0. The fourth-order valence-corrected chi connectivity index (χ4v) is 2.93. The van der Waals surface area contributed by atoms with Crippen molar-refractivity contribution in [3.05, 3.63) is 11.2 Å². The Labute approximate surface area is 99.1 Å². The third kappa shape index (κ3) is 2.35.